The highest BCUT2D eigenvalue weighted by atomic mass is 79.9. The zero-order valence-electron chi connectivity index (χ0n) is 9.99. The normalized spacial score (nSPS) is 18.6. The second-order valence-corrected chi connectivity index (χ2v) is 5.81. The molecule has 0 saturated carbocycles. The summed E-state index contributed by atoms with van der Waals surface area (Å²) >= 11 is 7.58. The van der Waals surface area contributed by atoms with E-state index in [1.165, 1.54) is 6.07 Å². The second kappa shape index (κ2) is 6.26. The van der Waals surface area contributed by atoms with Gasteiger partial charge in [-0.2, -0.15) is 12.6 Å². The highest BCUT2D eigenvalue weighted by molar-refractivity contribution is 9.10. The van der Waals surface area contributed by atoms with Crippen LogP contribution in [0.3, 0.4) is 0 Å². The van der Waals surface area contributed by atoms with Crippen molar-refractivity contribution >= 4 is 28.6 Å². The minimum absolute atomic E-state index is 0.0717. The van der Waals surface area contributed by atoms with Gasteiger partial charge in [-0.25, -0.2) is 4.39 Å². The number of thiol groups is 1. The Labute approximate surface area is 120 Å². The van der Waals surface area contributed by atoms with Crippen LogP contribution in [0, 0.1) is 11.2 Å². The molecule has 1 aromatic rings. The van der Waals surface area contributed by atoms with Gasteiger partial charge in [0.2, 0.25) is 0 Å². The lowest BCUT2D eigenvalue weighted by Gasteiger charge is -2.35. The standard InChI is InChI=1S/C13H16BrFO2S/c14-11-7-10(1-2-12(11)15)17-8-13(9-18)3-5-16-6-4-13/h1-2,7,18H,3-6,8-9H2. The monoisotopic (exact) mass is 334 g/mol. The van der Waals surface area contributed by atoms with Crippen molar-refractivity contribution in [2.45, 2.75) is 12.8 Å². The average Bonchev–Trinajstić information content (AvgIpc) is 2.41. The van der Waals surface area contributed by atoms with E-state index in [2.05, 4.69) is 28.6 Å². The van der Waals surface area contributed by atoms with Crippen molar-refractivity contribution in [2.75, 3.05) is 25.6 Å². The van der Waals surface area contributed by atoms with Crippen LogP contribution in [0.25, 0.3) is 0 Å². The maximum atomic E-state index is 13.1. The molecule has 0 radical (unpaired) electrons. The molecule has 2 rings (SSSR count). The number of hydrogen-bond acceptors (Lipinski definition) is 3. The molecule has 1 fully saturated rings. The molecule has 1 saturated heterocycles. The van der Waals surface area contributed by atoms with Crippen LogP contribution in [0.5, 0.6) is 5.75 Å². The Morgan fingerprint density at radius 3 is 2.72 bits per heavy atom. The van der Waals surface area contributed by atoms with E-state index in [4.69, 9.17) is 9.47 Å². The summed E-state index contributed by atoms with van der Waals surface area (Å²) in [5.74, 6) is 1.17. The van der Waals surface area contributed by atoms with Gasteiger partial charge in [-0.05, 0) is 52.7 Å². The van der Waals surface area contributed by atoms with Gasteiger partial charge in [0, 0.05) is 18.6 Å². The van der Waals surface area contributed by atoms with Crippen LogP contribution >= 0.6 is 28.6 Å². The first-order chi connectivity index (χ1) is 8.65. The maximum Gasteiger partial charge on any atom is 0.137 e. The molecule has 1 aliphatic heterocycles. The number of halogens is 2. The molecule has 100 valence electrons. The van der Waals surface area contributed by atoms with Crippen molar-refractivity contribution in [2.24, 2.45) is 5.41 Å². The summed E-state index contributed by atoms with van der Waals surface area (Å²) < 4.78 is 24.7. The number of benzene rings is 1. The molecular formula is C13H16BrFO2S. The minimum atomic E-state index is -0.280. The molecule has 0 aromatic heterocycles. The lowest BCUT2D eigenvalue weighted by molar-refractivity contribution is 0.00309. The third-order valence-electron chi connectivity index (χ3n) is 3.32. The maximum absolute atomic E-state index is 13.1. The Morgan fingerprint density at radius 2 is 2.11 bits per heavy atom. The van der Waals surface area contributed by atoms with E-state index in [1.807, 2.05) is 0 Å². The Morgan fingerprint density at radius 1 is 1.39 bits per heavy atom. The lowest BCUT2D eigenvalue weighted by Crippen LogP contribution is -2.36. The van der Waals surface area contributed by atoms with Gasteiger partial charge in [0.05, 0.1) is 11.1 Å². The van der Waals surface area contributed by atoms with Crippen molar-refractivity contribution in [3.63, 3.8) is 0 Å². The third kappa shape index (κ3) is 3.39. The Bertz CT molecular complexity index is 408. The van der Waals surface area contributed by atoms with Gasteiger partial charge in [-0.3, -0.25) is 0 Å². The summed E-state index contributed by atoms with van der Waals surface area (Å²) in [6.45, 7) is 2.12. The average molecular weight is 335 g/mol. The summed E-state index contributed by atoms with van der Waals surface area (Å²) in [5, 5.41) is 0. The van der Waals surface area contributed by atoms with Crippen molar-refractivity contribution in [3.8, 4) is 5.75 Å². The van der Waals surface area contributed by atoms with Gasteiger partial charge in [0.25, 0.3) is 0 Å². The molecule has 0 unspecified atom stereocenters. The zero-order chi connectivity index (χ0) is 13.0. The second-order valence-electron chi connectivity index (χ2n) is 4.64. The molecule has 2 nitrogen and oxygen atoms in total. The van der Waals surface area contributed by atoms with Crippen molar-refractivity contribution in [3.05, 3.63) is 28.5 Å². The molecule has 0 atom stereocenters. The van der Waals surface area contributed by atoms with Gasteiger partial charge in [0.15, 0.2) is 0 Å². The highest BCUT2D eigenvalue weighted by Gasteiger charge is 2.32. The van der Waals surface area contributed by atoms with Crippen LogP contribution in [0.4, 0.5) is 4.39 Å². The van der Waals surface area contributed by atoms with Gasteiger partial charge in [0.1, 0.15) is 11.6 Å². The van der Waals surface area contributed by atoms with E-state index in [9.17, 15) is 4.39 Å². The van der Waals surface area contributed by atoms with E-state index >= 15 is 0 Å². The number of hydrogen-bond donors (Lipinski definition) is 1. The zero-order valence-corrected chi connectivity index (χ0v) is 12.5. The molecular weight excluding hydrogens is 319 g/mol. The van der Waals surface area contributed by atoms with Gasteiger partial charge < -0.3 is 9.47 Å². The fourth-order valence-corrected chi connectivity index (χ4v) is 2.72. The topological polar surface area (TPSA) is 18.5 Å². The van der Waals surface area contributed by atoms with E-state index in [1.54, 1.807) is 12.1 Å². The largest absolute Gasteiger partial charge is 0.493 e. The molecule has 1 heterocycles. The summed E-state index contributed by atoms with van der Waals surface area (Å²) in [6.07, 6.45) is 1.91. The smallest absolute Gasteiger partial charge is 0.137 e. The van der Waals surface area contributed by atoms with Crippen LogP contribution < -0.4 is 4.74 Å². The molecule has 0 bridgehead atoms. The van der Waals surface area contributed by atoms with Gasteiger partial charge in [-0.1, -0.05) is 0 Å². The quantitative estimate of drug-likeness (QED) is 0.846. The van der Waals surface area contributed by atoms with Crippen LogP contribution in [-0.2, 0) is 4.74 Å². The first kappa shape index (κ1) is 14.2. The molecule has 1 aromatic carbocycles. The fraction of sp³-hybridized carbons (Fsp3) is 0.538. The lowest BCUT2D eigenvalue weighted by atomic mass is 9.83. The van der Waals surface area contributed by atoms with Crippen molar-refractivity contribution in [1.82, 2.24) is 0 Å². The Hall–Kier alpha value is -0.260. The van der Waals surface area contributed by atoms with Crippen LogP contribution in [0.2, 0.25) is 0 Å². The third-order valence-corrected chi connectivity index (χ3v) is 4.60. The summed E-state index contributed by atoms with van der Waals surface area (Å²) in [5.41, 5.74) is 0.0717. The van der Waals surface area contributed by atoms with Gasteiger partial charge >= 0.3 is 0 Å². The first-order valence-corrected chi connectivity index (χ1v) is 7.34. The highest BCUT2D eigenvalue weighted by Crippen LogP contribution is 2.33. The number of rotatable bonds is 4. The Balaban J connectivity index is 1.98. The van der Waals surface area contributed by atoms with E-state index in [0.29, 0.717) is 16.8 Å². The predicted octanol–water partition coefficient (Wildman–Crippen LogP) is 3.69. The number of ether oxygens (including phenoxy) is 2. The predicted molar refractivity (Wildman–Crippen MR) is 75.9 cm³/mol. The summed E-state index contributed by atoms with van der Waals surface area (Å²) in [6, 6.07) is 4.70. The van der Waals surface area contributed by atoms with Crippen molar-refractivity contribution < 1.29 is 13.9 Å². The van der Waals surface area contributed by atoms with Crippen LogP contribution in [-0.4, -0.2) is 25.6 Å². The molecule has 0 aliphatic carbocycles. The van der Waals surface area contributed by atoms with Crippen LogP contribution in [0.15, 0.2) is 22.7 Å². The fourth-order valence-electron chi connectivity index (χ4n) is 1.96. The van der Waals surface area contributed by atoms with Crippen molar-refractivity contribution in [1.29, 1.82) is 0 Å². The Kier molecular flexibility index (Phi) is 4.92. The molecule has 0 N–H and O–H groups in total. The van der Waals surface area contributed by atoms with E-state index in [-0.39, 0.29) is 11.2 Å². The molecule has 5 heteroatoms. The van der Waals surface area contributed by atoms with E-state index in [0.717, 1.165) is 31.8 Å². The summed E-state index contributed by atoms with van der Waals surface area (Å²) in [7, 11) is 0. The van der Waals surface area contributed by atoms with E-state index < -0.39 is 0 Å². The molecule has 18 heavy (non-hydrogen) atoms. The molecule has 1 aliphatic rings. The van der Waals surface area contributed by atoms with Crippen LogP contribution in [0.1, 0.15) is 12.8 Å². The molecule has 0 spiro atoms. The first-order valence-electron chi connectivity index (χ1n) is 5.92. The molecule has 0 amide bonds. The summed E-state index contributed by atoms with van der Waals surface area (Å²) in [4.78, 5) is 0. The minimum Gasteiger partial charge on any atom is -0.493 e. The SMILES string of the molecule is Fc1ccc(OCC2(CS)CCOCC2)cc1Br. The van der Waals surface area contributed by atoms with Gasteiger partial charge in [-0.15, -0.1) is 0 Å².